The average Bonchev–Trinajstić information content (AvgIpc) is 3.23. The smallest absolute Gasteiger partial charge is 0.330 e. The third-order valence-corrected chi connectivity index (χ3v) is 10.2. The van der Waals surface area contributed by atoms with Crippen LogP contribution in [0, 0.1) is 0 Å². The van der Waals surface area contributed by atoms with E-state index in [0.717, 1.165) is 51.4 Å². The predicted octanol–water partition coefficient (Wildman–Crippen LogP) is 10.00. The van der Waals surface area contributed by atoms with Crippen LogP contribution in [0.1, 0.15) is 168 Å². The maximum Gasteiger partial charge on any atom is 0.330 e. The Hall–Kier alpha value is -2.86. The van der Waals surface area contributed by atoms with Crippen LogP contribution in [0.3, 0.4) is 0 Å². The van der Waals surface area contributed by atoms with Gasteiger partial charge in [-0.3, -0.25) is 4.79 Å². The molecule has 59 heavy (non-hydrogen) atoms. The number of esters is 2. The largest absolute Gasteiger partial charge is 0.458 e. The van der Waals surface area contributed by atoms with Crippen LogP contribution in [-0.2, 0) is 28.5 Å². The number of aliphatic hydroxyl groups excluding tert-OH is 4. The third-order valence-electron chi connectivity index (χ3n) is 10.2. The Morgan fingerprint density at radius 3 is 1.64 bits per heavy atom. The molecule has 0 radical (unpaired) electrons. The molecule has 338 valence electrons. The summed E-state index contributed by atoms with van der Waals surface area (Å²) in [7, 11) is 0. The molecule has 2 unspecified atom stereocenters. The molecule has 1 aliphatic heterocycles. The van der Waals surface area contributed by atoms with E-state index in [1.54, 1.807) is 6.08 Å². The molecule has 6 atom stereocenters. The van der Waals surface area contributed by atoms with Crippen LogP contribution in [0.4, 0.5) is 0 Å². The first-order chi connectivity index (χ1) is 28.8. The van der Waals surface area contributed by atoms with Gasteiger partial charge in [-0.2, -0.15) is 0 Å². The minimum absolute atomic E-state index is 0.170. The van der Waals surface area contributed by atoms with Crippen molar-refractivity contribution in [2.75, 3.05) is 19.8 Å². The van der Waals surface area contributed by atoms with Gasteiger partial charge in [0.2, 0.25) is 0 Å². The summed E-state index contributed by atoms with van der Waals surface area (Å²) in [5.41, 5.74) is 0. The zero-order chi connectivity index (χ0) is 43.0. The van der Waals surface area contributed by atoms with Gasteiger partial charge >= 0.3 is 11.9 Å². The fraction of sp³-hybridized carbons (Fsp3) is 0.714. The minimum Gasteiger partial charge on any atom is -0.458 e. The van der Waals surface area contributed by atoms with Crippen molar-refractivity contribution in [2.45, 2.75) is 205 Å². The molecule has 0 bridgehead atoms. The van der Waals surface area contributed by atoms with Gasteiger partial charge in [-0.1, -0.05) is 164 Å². The Morgan fingerprint density at radius 1 is 0.576 bits per heavy atom. The second-order valence-electron chi connectivity index (χ2n) is 15.6. The molecular weight excluding hydrogens is 749 g/mol. The number of aliphatic hydroxyl groups is 4. The van der Waals surface area contributed by atoms with Gasteiger partial charge in [-0.15, -0.1) is 0 Å². The molecule has 0 spiro atoms. The number of ether oxygens (including phenoxy) is 4. The van der Waals surface area contributed by atoms with Crippen LogP contribution in [0.5, 0.6) is 0 Å². The number of hydrogen-bond acceptors (Lipinski definition) is 10. The van der Waals surface area contributed by atoms with Gasteiger partial charge < -0.3 is 39.4 Å². The molecule has 0 amide bonds. The normalized spacial score (nSPS) is 20.7. The van der Waals surface area contributed by atoms with Crippen LogP contribution in [0.25, 0.3) is 0 Å². The summed E-state index contributed by atoms with van der Waals surface area (Å²) in [4.78, 5) is 25.2. The lowest BCUT2D eigenvalue weighted by atomic mass is 9.99. The molecule has 0 saturated carbocycles. The summed E-state index contributed by atoms with van der Waals surface area (Å²) >= 11 is 0. The number of carbonyl (C=O) groups is 2. The number of unbranched alkanes of at least 4 members (excludes halogenated alkanes) is 17. The van der Waals surface area contributed by atoms with Crippen LogP contribution in [0.15, 0.2) is 72.9 Å². The maximum atomic E-state index is 12.8. The fourth-order valence-corrected chi connectivity index (χ4v) is 6.50. The van der Waals surface area contributed by atoms with E-state index >= 15 is 0 Å². The molecule has 1 heterocycles. The van der Waals surface area contributed by atoms with Crippen molar-refractivity contribution in [1.82, 2.24) is 0 Å². The molecule has 0 aromatic heterocycles. The van der Waals surface area contributed by atoms with Crippen molar-refractivity contribution in [3.63, 3.8) is 0 Å². The van der Waals surface area contributed by atoms with Crippen molar-refractivity contribution < 1.29 is 49.0 Å². The van der Waals surface area contributed by atoms with Crippen molar-refractivity contribution in [3.05, 3.63) is 72.9 Å². The monoisotopic (exact) mass is 831 g/mol. The summed E-state index contributed by atoms with van der Waals surface area (Å²) in [6, 6.07) is 0. The van der Waals surface area contributed by atoms with Gasteiger partial charge in [0, 0.05) is 12.5 Å². The van der Waals surface area contributed by atoms with Crippen molar-refractivity contribution in [2.24, 2.45) is 0 Å². The average molecular weight is 831 g/mol. The first kappa shape index (κ1) is 54.2. The fourth-order valence-electron chi connectivity index (χ4n) is 6.50. The number of carbonyl (C=O) groups excluding carboxylic acids is 2. The predicted molar refractivity (Wildman–Crippen MR) is 238 cm³/mol. The topological polar surface area (TPSA) is 152 Å². The molecule has 0 aliphatic carbocycles. The van der Waals surface area contributed by atoms with Crippen molar-refractivity contribution >= 4 is 11.9 Å². The minimum atomic E-state index is -1.62. The number of hydrogen-bond donors (Lipinski definition) is 4. The van der Waals surface area contributed by atoms with E-state index in [0.29, 0.717) is 6.42 Å². The second kappa shape index (κ2) is 39.3. The highest BCUT2D eigenvalue weighted by Gasteiger charge is 2.44. The van der Waals surface area contributed by atoms with Gasteiger partial charge in [0.25, 0.3) is 0 Å². The molecule has 4 N–H and O–H groups in total. The molecular formula is C49H82O10. The Kier molecular flexibility index (Phi) is 36.1. The molecule has 0 aromatic carbocycles. The van der Waals surface area contributed by atoms with Crippen LogP contribution in [0.2, 0.25) is 0 Å². The lowest BCUT2D eigenvalue weighted by molar-refractivity contribution is -0.305. The zero-order valence-corrected chi connectivity index (χ0v) is 36.7. The van der Waals surface area contributed by atoms with E-state index < -0.39 is 55.4 Å². The van der Waals surface area contributed by atoms with Gasteiger partial charge in [0.1, 0.15) is 31.0 Å². The van der Waals surface area contributed by atoms with Crippen molar-refractivity contribution in [1.29, 1.82) is 0 Å². The van der Waals surface area contributed by atoms with E-state index in [2.05, 4.69) is 62.5 Å². The molecule has 1 fully saturated rings. The highest BCUT2D eigenvalue weighted by Crippen LogP contribution is 2.22. The van der Waals surface area contributed by atoms with Gasteiger partial charge in [-0.25, -0.2) is 4.79 Å². The molecule has 1 rings (SSSR count). The highest BCUT2D eigenvalue weighted by atomic mass is 16.7. The summed E-state index contributed by atoms with van der Waals surface area (Å²) in [6.45, 7) is 3.23. The first-order valence-electron chi connectivity index (χ1n) is 23.0. The summed E-state index contributed by atoms with van der Waals surface area (Å²) < 4.78 is 22.0. The number of allylic oxidation sites excluding steroid dienone is 11. The highest BCUT2D eigenvalue weighted by molar-refractivity contribution is 5.82. The lowest BCUT2D eigenvalue weighted by Crippen LogP contribution is -2.59. The molecule has 1 saturated heterocycles. The molecule has 0 aromatic rings. The van der Waals surface area contributed by atoms with Crippen LogP contribution < -0.4 is 0 Å². The van der Waals surface area contributed by atoms with E-state index in [9.17, 15) is 30.0 Å². The molecule has 10 nitrogen and oxygen atoms in total. The van der Waals surface area contributed by atoms with Gasteiger partial charge in [-0.05, 0) is 64.2 Å². The Bertz CT molecular complexity index is 1190. The maximum absolute atomic E-state index is 12.8. The molecule has 1 aliphatic rings. The standard InChI is InChI=1S/C49H82O10/c1-3-5-7-9-11-13-15-17-19-20-21-22-24-26-28-30-32-34-36-38-45(52)58-42(41-57-49-48(55)47(54)46(53)43(39-50)59-49)40-56-44(51)37-35-33-31-29-27-25-23-18-16-14-12-10-8-6-4-2/h11,13,17,19,21-22,26,28,31,33,35,37,42-43,46-50,53-55H,3-10,12,14-16,18,20,23-25,27,29-30,32,34,36,38-41H2,1-2H3/b13-11+,19-17+,22-21+,28-26+,33-31+,37-35+/t42-,43-,46+,47?,48?,49-/m1/s1. The lowest BCUT2D eigenvalue weighted by Gasteiger charge is -2.39. The van der Waals surface area contributed by atoms with Gasteiger partial charge in [0.05, 0.1) is 13.2 Å². The zero-order valence-electron chi connectivity index (χ0n) is 36.7. The van der Waals surface area contributed by atoms with Crippen molar-refractivity contribution in [3.8, 4) is 0 Å². The SMILES string of the molecule is CCCCC/C=C/C/C=C/C/C=C/C/C=C/CCCCCC(=O)O[C@H](COC(=O)/C=C/C=C/CCCCCCCCCCCCC)CO[C@@H]1O[C@H](CO)[C@H](O)C(O)C1O. The summed E-state index contributed by atoms with van der Waals surface area (Å²) in [6.07, 6.45) is 42.5. The molecule has 10 heteroatoms. The summed E-state index contributed by atoms with van der Waals surface area (Å²) in [5, 5.41) is 40.1. The van der Waals surface area contributed by atoms with E-state index in [4.69, 9.17) is 18.9 Å². The van der Waals surface area contributed by atoms with E-state index in [-0.39, 0.29) is 19.6 Å². The third kappa shape index (κ3) is 30.8. The Labute approximate surface area is 357 Å². The summed E-state index contributed by atoms with van der Waals surface area (Å²) in [5.74, 6) is -1.10. The Balaban J connectivity index is 2.41. The van der Waals surface area contributed by atoms with Gasteiger partial charge in [0.15, 0.2) is 12.4 Å². The van der Waals surface area contributed by atoms with Crippen LogP contribution in [-0.4, -0.2) is 89.0 Å². The second-order valence-corrected chi connectivity index (χ2v) is 15.6. The van der Waals surface area contributed by atoms with E-state index in [1.807, 2.05) is 12.2 Å². The van der Waals surface area contributed by atoms with E-state index in [1.165, 1.54) is 96.0 Å². The number of rotatable bonds is 37. The Morgan fingerprint density at radius 2 is 1.07 bits per heavy atom. The van der Waals surface area contributed by atoms with Crippen LogP contribution >= 0.6 is 0 Å². The first-order valence-corrected chi connectivity index (χ1v) is 23.0. The quantitative estimate of drug-likeness (QED) is 0.0157.